The Morgan fingerprint density at radius 2 is 2.18 bits per heavy atom. The molecule has 0 atom stereocenters. The van der Waals surface area contributed by atoms with Crippen LogP contribution in [-0.2, 0) is 0 Å². The number of nitrogens with one attached hydrogen (secondary N) is 1. The van der Waals surface area contributed by atoms with Crippen LogP contribution in [0.2, 0.25) is 0 Å². The van der Waals surface area contributed by atoms with Crippen LogP contribution in [-0.4, -0.2) is 23.6 Å². The minimum Gasteiger partial charge on any atom is -0.345 e. The van der Waals surface area contributed by atoms with Crippen molar-refractivity contribution in [2.75, 3.05) is 18.5 Å². The van der Waals surface area contributed by atoms with E-state index in [-0.39, 0.29) is 0 Å². The highest BCUT2D eigenvalue weighted by Gasteiger charge is 2.18. The Bertz CT molecular complexity index is 466. The van der Waals surface area contributed by atoms with Crippen LogP contribution >= 0.6 is 0 Å². The minimum absolute atomic E-state index is 0.960. The molecule has 0 bridgehead atoms. The molecule has 0 radical (unpaired) electrons. The smallest absolute Gasteiger partial charge is 0.203 e. The van der Waals surface area contributed by atoms with E-state index in [1.165, 1.54) is 25.7 Å². The summed E-state index contributed by atoms with van der Waals surface area (Å²) in [7, 11) is 2.12. The average Bonchev–Trinajstić information content (AvgIpc) is 2.70. The van der Waals surface area contributed by atoms with Crippen LogP contribution in [0.1, 0.15) is 25.7 Å². The Labute approximate surface area is 102 Å². The van der Waals surface area contributed by atoms with Crippen molar-refractivity contribution >= 4 is 17.0 Å². The topological polar surface area (TPSA) is 31.9 Å². The summed E-state index contributed by atoms with van der Waals surface area (Å²) in [6.07, 6.45) is 5.58. The number of imidazole rings is 1. The molecular formula is C14H19N3. The van der Waals surface area contributed by atoms with E-state index in [4.69, 9.17) is 0 Å². The van der Waals surface area contributed by atoms with E-state index in [1.807, 2.05) is 12.1 Å². The maximum absolute atomic E-state index is 4.60. The molecule has 0 spiro atoms. The van der Waals surface area contributed by atoms with Gasteiger partial charge < -0.3 is 9.88 Å². The van der Waals surface area contributed by atoms with Gasteiger partial charge >= 0.3 is 0 Å². The zero-order valence-corrected chi connectivity index (χ0v) is 10.3. The van der Waals surface area contributed by atoms with E-state index in [9.17, 15) is 0 Å². The highest BCUT2D eigenvalue weighted by molar-refractivity contribution is 5.77. The lowest BCUT2D eigenvalue weighted by atomic mass is 9.83. The maximum Gasteiger partial charge on any atom is 0.203 e. The second kappa shape index (κ2) is 4.40. The third kappa shape index (κ3) is 2.14. The van der Waals surface area contributed by atoms with E-state index in [1.54, 1.807) is 0 Å². The van der Waals surface area contributed by atoms with Crippen LogP contribution in [0.3, 0.4) is 0 Å². The molecule has 3 rings (SSSR count). The van der Waals surface area contributed by atoms with E-state index in [0.717, 1.165) is 29.4 Å². The van der Waals surface area contributed by atoms with Gasteiger partial charge in [0.2, 0.25) is 5.95 Å². The van der Waals surface area contributed by atoms with Gasteiger partial charge in [-0.1, -0.05) is 31.4 Å². The first-order valence-electron chi connectivity index (χ1n) is 6.49. The third-order valence-electron chi connectivity index (χ3n) is 3.84. The number of H-pyrrole nitrogens is 1. The fourth-order valence-corrected chi connectivity index (χ4v) is 2.38. The summed E-state index contributed by atoms with van der Waals surface area (Å²) >= 11 is 0. The Morgan fingerprint density at radius 1 is 1.35 bits per heavy atom. The number of hydrogen-bond acceptors (Lipinski definition) is 2. The number of aromatic nitrogens is 2. The van der Waals surface area contributed by atoms with Crippen LogP contribution in [0.15, 0.2) is 24.3 Å². The number of fused-ring (bicyclic) bond motifs is 1. The molecule has 1 aromatic heterocycles. The van der Waals surface area contributed by atoms with Crippen molar-refractivity contribution in [3.05, 3.63) is 24.3 Å². The second-order valence-electron chi connectivity index (χ2n) is 5.08. The molecule has 0 amide bonds. The van der Waals surface area contributed by atoms with Gasteiger partial charge in [0.15, 0.2) is 0 Å². The lowest BCUT2D eigenvalue weighted by molar-refractivity contribution is 0.299. The molecule has 0 unspecified atom stereocenters. The lowest BCUT2D eigenvalue weighted by Crippen LogP contribution is -2.24. The zero-order chi connectivity index (χ0) is 11.7. The summed E-state index contributed by atoms with van der Waals surface area (Å²) in [6, 6.07) is 8.20. The van der Waals surface area contributed by atoms with Gasteiger partial charge in [-0.2, -0.15) is 0 Å². The number of hydrogen-bond donors (Lipinski definition) is 1. The number of nitrogens with zero attached hydrogens (tertiary/aromatic N) is 2. The van der Waals surface area contributed by atoms with Crippen LogP contribution in [0.5, 0.6) is 0 Å². The van der Waals surface area contributed by atoms with Crippen LogP contribution in [0.4, 0.5) is 5.95 Å². The molecule has 3 nitrogen and oxygen atoms in total. The molecule has 0 saturated heterocycles. The largest absolute Gasteiger partial charge is 0.345 e. The fourth-order valence-electron chi connectivity index (χ4n) is 2.38. The molecule has 1 aromatic carbocycles. The quantitative estimate of drug-likeness (QED) is 0.873. The predicted molar refractivity (Wildman–Crippen MR) is 71.3 cm³/mol. The summed E-state index contributed by atoms with van der Waals surface area (Å²) in [5.74, 6) is 1.95. The van der Waals surface area contributed by atoms with Crippen molar-refractivity contribution in [2.24, 2.45) is 5.92 Å². The molecule has 2 aromatic rings. The van der Waals surface area contributed by atoms with Gasteiger partial charge in [0.05, 0.1) is 11.0 Å². The summed E-state index contributed by atoms with van der Waals surface area (Å²) in [4.78, 5) is 10.2. The SMILES string of the molecule is CN(CCC1CCC1)c1nc2ccccc2[nH]1. The van der Waals surface area contributed by atoms with Crippen LogP contribution < -0.4 is 4.90 Å². The van der Waals surface area contributed by atoms with Crippen molar-refractivity contribution in [1.29, 1.82) is 0 Å². The normalized spacial score (nSPS) is 16.1. The zero-order valence-electron chi connectivity index (χ0n) is 10.3. The first-order valence-corrected chi connectivity index (χ1v) is 6.49. The van der Waals surface area contributed by atoms with Gasteiger partial charge in [-0.05, 0) is 24.5 Å². The molecule has 1 heterocycles. The summed E-state index contributed by atoms with van der Waals surface area (Å²) in [6.45, 7) is 1.10. The van der Waals surface area contributed by atoms with Crippen molar-refractivity contribution in [1.82, 2.24) is 9.97 Å². The minimum atomic E-state index is 0.960. The van der Waals surface area contributed by atoms with Crippen molar-refractivity contribution in [2.45, 2.75) is 25.7 Å². The number of benzene rings is 1. The summed E-state index contributed by atoms with van der Waals surface area (Å²) in [5.41, 5.74) is 2.18. The number of rotatable bonds is 4. The Morgan fingerprint density at radius 3 is 2.88 bits per heavy atom. The maximum atomic E-state index is 4.60. The molecule has 90 valence electrons. The molecule has 3 heteroatoms. The van der Waals surface area contributed by atoms with E-state index in [0.29, 0.717) is 0 Å². The molecule has 1 aliphatic rings. The molecule has 1 N–H and O–H groups in total. The van der Waals surface area contributed by atoms with Gasteiger partial charge in [-0.3, -0.25) is 0 Å². The predicted octanol–water partition coefficient (Wildman–Crippen LogP) is 3.19. The van der Waals surface area contributed by atoms with Gasteiger partial charge in [0.25, 0.3) is 0 Å². The van der Waals surface area contributed by atoms with Crippen molar-refractivity contribution in [3.8, 4) is 0 Å². The molecule has 0 aliphatic heterocycles. The fraction of sp³-hybridized carbons (Fsp3) is 0.500. The third-order valence-corrected chi connectivity index (χ3v) is 3.84. The number of anilines is 1. The van der Waals surface area contributed by atoms with Crippen molar-refractivity contribution in [3.63, 3.8) is 0 Å². The first kappa shape index (κ1) is 10.6. The van der Waals surface area contributed by atoms with Crippen LogP contribution in [0.25, 0.3) is 11.0 Å². The van der Waals surface area contributed by atoms with E-state index < -0.39 is 0 Å². The Hall–Kier alpha value is -1.51. The Balaban J connectivity index is 1.69. The average molecular weight is 229 g/mol. The van der Waals surface area contributed by atoms with Gasteiger partial charge in [-0.15, -0.1) is 0 Å². The number of aromatic amines is 1. The lowest BCUT2D eigenvalue weighted by Gasteiger charge is -2.27. The first-order chi connectivity index (χ1) is 8.33. The van der Waals surface area contributed by atoms with E-state index in [2.05, 4.69) is 34.0 Å². The summed E-state index contributed by atoms with van der Waals surface area (Å²) < 4.78 is 0. The highest BCUT2D eigenvalue weighted by atomic mass is 15.2. The molecule has 1 saturated carbocycles. The van der Waals surface area contributed by atoms with E-state index >= 15 is 0 Å². The highest BCUT2D eigenvalue weighted by Crippen LogP contribution is 2.29. The molecule has 17 heavy (non-hydrogen) atoms. The van der Waals surface area contributed by atoms with Gasteiger partial charge in [0, 0.05) is 13.6 Å². The molecule has 1 aliphatic carbocycles. The van der Waals surface area contributed by atoms with Gasteiger partial charge in [0.1, 0.15) is 0 Å². The molecule has 1 fully saturated rings. The number of para-hydroxylation sites is 2. The van der Waals surface area contributed by atoms with Crippen molar-refractivity contribution < 1.29 is 0 Å². The van der Waals surface area contributed by atoms with Crippen LogP contribution in [0, 0.1) is 5.92 Å². The molecular weight excluding hydrogens is 210 g/mol. The monoisotopic (exact) mass is 229 g/mol. The second-order valence-corrected chi connectivity index (χ2v) is 5.08. The summed E-state index contributed by atoms with van der Waals surface area (Å²) in [5, 5.41) is 0. The Kier molecular flexibility index (Phi) is 2.75. The van der Waals surface area contributed by atoms with Gasteiger partial charge in [-0.25, -0.2) is 4.98 Å². The standard InChI is InChI=1S/C14H19N3/c1-17(10-9-11-5-4-6-11)14-15-12-7-2-3-8-13(12)16-14/h2-3,7-8,11H,4-6,9-10H2,1H3,(H,15,16).